The molecule has 0 radical (unpaired) electrons. The SMILES string of the molecule is Cc1cc(N2c3cc(F)ccc3C=NC2C(F)(F)c2ccc(F)cc2)n[nH]1. The van der Waals surface area contributed by atoms with Crippen LogP contribution < -0.4 is 4.90 Å². The number of nitrogens with one attached hydrogen (secondary N) is 1. The molecule has 0 saturated heterocycles. The number of hydrogen-bond donors (Lipinski definition) is 1. The van der Waals surface area contributed by atoms with Crippen LogP contribution in [0.4, 0.5) is 29.1 Å². The molecule has 2 aromatic carbocycles. The molecular weight excluding hydrogens is 360 g/mol. The van der Waals surface area contributed by atoms with Gasteiger partial charge in [-0.05, 0) is 49.4 Å². The van der Waals surface area contributed by atoms with Crippen molar-refractivity contribution in [2.75, 3.05) is 4.90 Å². The van der Waals surface area contributed by atoms with E-state index >= 15 is 8.78 Å². The van der Waals surface area contributed by atoms with Crippen LogP contribution in [0.2, 0.25) is 0 Å². The highest BCUT2D eigenvalue weighted by molar-refractivity contribution is 5.92. The third-order valence-corrected chi connectivity index (χ3v) is 4.34. The Bertz CT molecular complexity index is 1010. The minimum atomic E-state index is -3.49. The fourth-order valence-corrected chi connectivity index (χ4v) is 3.04. The number of aliphatic imine (C=N–C) groups is 1. The molecule has 4 nitrogen and oxygen atoms in total. The zero-order valence-corrected chi connectivity index (χ0v) is 14.1. The normalized spacial score (nSPS) is 16.5. The van der Waals surface area contributed by atoms with Gasteiger partial charge in [0, 0.05) is 29.1 Å². The fourth-order valence-electron chi connectivity index (χ4n) is 3.04. The van der Waals surface area contributed by atoms with Crippen LogP contribution >= 0.6 is 0 Å². The molecule has 1 atom stereocenters. The summed E-state index contributed by atoms with van der Waals surface area (Å²) in [5.74, 6) is -4.48. The molecule has 0 aliphatic carbocycles. The maximum absolute atomic E-state index is 15.3. The summed E-state index contributed by atoms with van der Waals surface area (Å²) in [5, 5.41) is 6.75. The maximum Gasteiger partial charge on any atom is 0.313 e. The lowest BCUT2D eigenvalue weighted by molar-refractivity contribution is -0.0286. The molecule has 0 amide bonds. The molecule has 1 aromatic heterocycles. The van der Waals surface area contributed by atoms with E-state index in [1.54, 1.807) is 13.0 Å². The predicted molar refractivity (Wildman–Crippen MR) is 93.5 cm³/mol. The van der Waals surface area contributed by atoms with Crippen LogP contribution in [0.5, 0.6) is 0 Å². The molecule has 0 bridgehead atoms. The molecule has 0 spiro atoms. The summed E-state index contributed by atoms with van der Waals surface area (Å²) >= 11 is 0. The minimum Gasteiger partial charge on any atom is -0.296 e. The number of nitrogens with zero attached hydrogens (tertiary/aromatic N) is 3. The van der Waals surface area contributed by atoms with Gasteiger partial charge in [0.2, 0.25) is 0 Å². The molecule has 1 aliphatic rings. The number of rotatable bonds is 3. The van der Waals surface area contributed by atoms with Crippen LogP contribution in [0.3, 0.4) is 0 Å². The van der Waals surface area contributed by atoms with Crippen molar-refractivity contribution in [1.82, 2.24) is 10.2 Å². The first-order chi connectivity index (χ1) is 12.9. The van der Waals surface area contributed by atoms with Crippen LogP contribution in [0.15, 0.2) is 53.5 Å². The molecule has 2 heterocycles. The molecular formula is C19H14F4N4. The van der Waals surface area contributed by atoms with Crippen molar-refractivity contribution in [2.45, 2.75) is 19.0 Å². The molecule has 0 fully saturated rings. The molecule has 0 saturated carbocycles. The Kier molecular flexibility index (Phi) is 3.98. The van der Waals surface area contributed by atoms with E-state index in [1.807, 2.05) is 0 Å². The number of alkyl halides is 2. The number of hydrogen-bond acceptors (Lipinski definition) is 3. The van der Waals surface area contributed by atoms with Gasteiger partial charge in [-0.2, -0.15) is 13.9 Å². The number of aromatic nitrogens is 2. The minimum absolute atomic E-state index is 0.183. The van der Waals surface area contributed by atoms with E-state index in [-0.39, 0.29) is 11.5 Å². The van der Waals surface area contributed by atoms with Gasteiger partial charge in [-0.3, -0.25) is 15.0 Å². The van der Waals surface area contributed by atoms with E-state index in [0.29, 0.717) is 11.3 Å². The van der Waals surface area contributed by atoms with Gasteiger partial charge >= 0.3 is 5.92 Å². The van der Waals surface area contributed by atoms with Crippen LogP contribution in [0.25, 0.3) is 0 Å². The second kappa shape index (κ2) is 6.22. The molecule has 1 N–H and O–H groups in total. The summed E-state index contributed by atoms with van der Waals surface area (Å²) in [7, 11) is 0. The van der Waals surface area contributed by atoms with Crippen LogP contribution in [-0.4, -0.2) is 22.6 Å². The van der Waals surface area contributed by atoms with Gasteiger partial charge in [-0.1, -0.05) is 0 Å². The summed E-state index contributed by atoms with van der Waals surface area (Å²) in [6, 6.07) is 9.39. The van der Waals surface area contributed by atoms with Crippen molar-refractivity contribution in [3.05, 3.63) is 77.0 Å². The van der Waals surface area contributed by atoms with Crippen molar-refractivity contribution in [3.8, 4) is 0 Å². The Labute approximate surface area is 152 Å². The second-order valence-electron chi connectivity index (χ2n) is 6.26. The highest BCUT2D eigenvalue weighted by atomic mass is 19.3. The molecule has 3 aromatic rings. The van der Waals surface area contributed by atoms with E-state index in [0.717, 1.165) is 30.3 Å². The summed E-state index contributed by atoms with van der Waals surface area (Å²) in [5.41, 5.74) is 0.969. The maximum atomic E-state index is 15.3. The average Bonchev–Trinajstić information content (AvgIpc) is 3.07. The molecule has 8 heteroatoms. The van der Waals surface area contributed by atoms with Gasteiger partial charge in [0.15, 0.2) is 12.0 Å². The smallest absolute Gasteiger partial charge is 0.296 e. The zero-order chi connectivity index (χ0) is 19.2. The van der Waals surface area contributed by atoms with Gasteiger partial charge in [0.1, 0.15) is 11.6 Å². The highest BCUT2D eigenvalue weighted by Crippen LogP contribution is 2.43. The lowest BCUT2D eigenvalue weighted by atomic mass is 10.0. The van der Waals surface area contributed by atoms with E-state index in [9.17, 15) is 8.78 Å². The highest BCUT2D eigenvalue weighted by Gasteiger charge is 2.47. The number of H-pyrrole nitrogens is 1. The van der Waals surface area contributed by atoms with Crippen molar-refractivity contribution in [2.24, 2.45) is 4.99 Å². The largest absolute Gasteiger partial charge is 0.313 e. The van der Waals surface area contributed by atoms with E-state index in [4.69, 9.17) is 0 Å². The number of fused-ring (bicyclic) bond motifs is 1. The molecule has 27 heavy (non-hydrogen) atoms. The van der Waals surface area contributed by atoms with E-state index < -0.39 is 29.3 Å². The topological polar surface area (TPSA) is 44.3 Å². The first-order valence-electron chi connectivity index (χ1n) is 8.14. The van der Waals surface area contributed by atoms with Gasteiger partial charge in [-0.15, -0.1) is 0 Å². The van der Waals surface area contributed by atoms with Crippen LogP contribution in [0, 0.1) is 18.6 Å². The quantitative estimate of drug-likeness (QED) is 0.677. The van der Waals surface area contributed by atoms with Crippen molar-refractivity contribution in [1.29, 1.82) is 0 Å². The lowest BCUT2D eigenvalue weighted by Gasteiger charge is -2.37. The summed E-state index contributed by atoms with van der Waals surface area (Å²) in [4.78, 5) is 5.20. The van der Waals surface area contributed by atoms with Crippen molar-refractivity contribution < 1.29 is 17.6 Å². The fraction of sp³-hybridized carbons (Fsp3) is 0.158. The monoisotopic (exact) mass is 374 g/mol. The Morgan fingerprint density at radius 2 is 1.70 bits per heavy atom. The third kappa shape index (κ3) is 2.97. The Morgan fingerprint density at radius 3 is 2.37 bits per heavy atom. The molecule has 4 rings (SSSR count). The number of benzene rings is 2. The standard InChI is InChI=1S/C19H14F4N4/c1-11-8-17(26-25-11)27-16-9-15(21)5-2-12(16)10-24-18(27)19(22,23)13-3-6-14(20)7-4-13/h2-10,18H,1H3,(H,25,26). The van der Waals surface area contributed by atoms with Crippen LogP contribution in [-0.2, 0) is 5.92 Å². The van der Waals surface area contributed by atoms with E-state index in [2.05, 4.69) is 15.2 Å². The van der Waals surface area contributed by atoms with E-state index in [1.165, 1.54) is 23.2 Å². The summed E-state index contributed by atoms with van der Waals surface area (Å²) < 4.78 is 57.6. The average molecular weight is 374 g/mol. The molecule has 1 aliphatic heterocycles. The second-order valence-corrected chi connectivity index (χ2v) is 6.26. The summed E-state index contributed by atoms with van der Waals surface area (Å²) in [6.07, 6.45) is -0.424. The third-order valence-electron chi connectivity index (χ3n) is 4.34. The van der Waals surface area contributed by atoms with Crippen molar-refractivity contribution in [3.63, 3.8) is 0 Å². The predicted octanol–water partition coefficient (Wildman–Crippen LogP) is 4.69. The number of aromatic amines is 1. The number of aryl methyl sites for hydroxylation is 1. The first-order valence-corrected chi connectivity index (χ1v) is 8.14. The Morgan fingerprint density at radius 1 is 1.00 bits per heavy atom. The number of anilines is 2. The lowest BCUT2D eigenvalue weighted by Crippen LogP contribution is -2.45. The van der Waals surface area contributed by atoms with Gasteiger partial charge in [0.25, 0.3) is 0 Å². The Hall–Kier alpha value is -3.16. The van der Waals surface area contributed by atoms with Gasteiger partial charge in [-0.25, -0.2) is 8.78 Å². The molecule has 1 unspecified atom stereocenters. The van der Waals surface area contributed by atoms with Gasteiger partial charge in [0.05, 0.1) is 5.69 Å². The van der Waals surface area contributed by atoms with Crippen molar-refractivity contribution >= 4 is 17.7 Å². The zero-order valence-electron chi connectivity index (χ0n) is 14.1. The number of halogens is 4. The molecule has 138 valence electrons. The summed E-state index contributed by atoms with van der Waals surface area (Å²) in [6.45, 7) is 1.73. The van der Waals surface area contributed by atoms with Gasteiger partial charge < -0.3 is 0 Å². The van der Waals surface area contributed by atoms with Crippen LogP contribution in [0.1, 0.15) is 16.8 Å². The first kappa shape index (κ1) is 17.3. The Balaban J connectivity index is 1.87.